The number of ether oxygens (including phenoxy) is 1. The zero-order chi connectivity index (χ0) is 20.5. The standard InChI is InChI=1S/C21H17ClN2O4S/c1-28-18(26)12-23-20-19(29-21(23)27)15(14-9-5-6-10-16(14)22)11-17(25)24(20)13-7-3-2-4-8-13/h2-10,15H,11-12H2,1H3/t15-/m0/s1. The summed E-state index contributed by atoms with van der Waals surface area (Å²) in [6.45, 7) is -0.271. The Morgan fingerprint density at radius 2 is 1.83 bits per heavy atom. The van der Waals surface area contributed by atoms with Crippen LogP contribution in [0.1, 0.15) is 22.8 Å². The van der Waals surface area contributed by atoms with Crippen molar-refractivity contribution in [2.45, 2.75) is 18.9 Å². The van der Waals surface area contributed by atoms with Crippen LogP contribution in [0.2, 0.25) is 5.02 Å². The van der Waals surface area contributed by atoms with Gasteiger partial charge in [-0.05, 0) is 23.8 Å². The van der Waals surface area contributed by atoms with Crippen molar-refractivity contribution >= 4 is 46.3 Å². The smallest absolute Gasteiger partial charge is 0.325 e. The maximum atomic E-state index is 13.2. The van der Waals surface area contributed by atoms with E-state index in [1.807, 2.05) is 36.4 Å². The van der Waals surface area contributed by atoms with Gasteiger partial charge in [-0.1, -0.05) is 59.3 Å². The molecule has 0 saturated carbocycles. The zero-order valence-electron chi connectivity index (χ0n) is 15.5. The molecular formula is C21H17ClN2O4S. The number of aromatic nitrogens is 1. The van der Waals surface area contributed by atoms with E-state index in [1.54, 1.807) is 18.2 Å². The number of esters is 1. The molecule has 4 rings (SSSR count). The van der Waals surface area contributed by atoms with Crippen LogP contribution < -0.4 is 9.77 Å². The first-order chi connectivity index (χ1) is 14.0. The number of hydrogen-bond donors (Lipinski definition) is 0. The van der Waals surface area contributed by atoms with E-state index in [9.17, 15) is 14.4 Å². The fourth-order valence-corrected chi connectivity index (χ4v) is 4.90. The highest BCUT2D eigenvalue weighted by molar-refractivity contribution is 7.10. The van der Waals surface area contributed by atoms with E-state index in [-0.39, 0.29) is 29.7 Å². The maximum absolute atomic E-state index is 13.2. The molecule has 2 heterocycles. The lowest BCUT2D eigenvalue weighted by Crippen LogP contribution is -2.36. The molecule has 1 aromatic heterocycles. The van der Waals surface area contributed by atoms with Crippen molar-refractivity contribution in [3.8, 4) is 0 Å². The summed E-state index contributed by atoms with van der Waals surface area (Å²) in [5.74, 6) is -0.696. The summed E-state index contributed by atoms with van der Waals surface area (Å²) in [6.07, 6.45) is 0.170. The van der Waals surface area contributed by atoms with Gasteiger partial charge in [-0.2, -0.15) is 0 Å². The number of amides is 1. The number of para-hydroxylation sites is 1. The minimum Gasteiger partial charge on any atom is -0.468 e. The van der Waals surface area contributed by atoms with Crippen molar-refractivity contribution in [1.82, 2.24) is 4.57 Å². The van der Waals surface area contributed by atoms with Crippen molar-refractivity contribution < 1.29 is 14.3 Å². The third-order valence-electron chi connectivity index (χ3n) is 4.86. The normalized spacial score (nSPS) is 15.9. The fourth-order valence-electron chi connectivity index (χ4n) is 3.53. The summed E-state index contributed by atoms with van der Waals surface area (Å²) in [6, 6.07) is 16.4. The molecule has 1 aliphatic rings. The molecule has 1 aliphatic heterocycles. The third-order valence-corrected chi connectivity index (χ3v) is 6.29. The quantitative estimate of drug-likeness (QED) is 0.590. The maximum Gasteiger partial charge on any atom is 0.325 e. The number of nitrogens with zero attached hydrogens (tertiary/aromatic N) is 2. The number of benzene rings is 2. The molecule has 2 aromatic carbocycles. The van der Waals surface area contributed by atoms with Gasteiger partial charge in [0.15, 0.2) is 0 Å². The topological polar surface area (TPSA) is 68.6 Å². The van der Waals surface area contributed by atoms with Gasteiger partial charge in [-0.15, -0.1) is 0 Å². The molecule has 6 nitrogen and oxygen atoms in total. The van der Waals surface area contributed by atoms with Gasteiger partial charge in [0, 0.05) is 17.4 Å². The number of carbonyl (C=O) groups is 2. The lowest BCUT2D eigenvalue weighted by molar-refractivity contribution is -0.141. The summed E-state index contributed by atoms with van der Waals surface area (Å²) in [5, 5.41) is 0.532. The number of hydrogen-bond acceptors (Lipinski definition) is 5. The average molecular weight is 429 g/mol. The highest BCUT2D eigenvalue weighted by atomic mass is 35.5. The minimum absolute atomic E-state index is 0.170. The predicted octanol–water partition coefficient (Wildman–Crippen LogP) is 3.94. The first-order valence-corrected chi connectivity index (χ1v) is 10.1. The summed E-state index contributed by atoms with van der Waals surface area (Å²) >= 11 is 7.43. The molecule has 1 atom stereocenters. The summed E-state index contributed by atoms with van der Waals surface area (Å²) in [7, 11) is 1.26. The van der Waals surface area contributed by atoms with E-state index >= 15 is 0 Å². The molecule has 148 valence electrons. The molecule has 0 fully saturated rings. The second-order valence-electron chi connectivity index (χ2n) is 6.56. The van der Waals surface area contributed by atoms with Crippen molar-refractivity contribution in [2.24, 2.45) is 0 Å². The van der Waals surface area contributed by atoms with Crippen LogP contribution in [0.4, 0.5) is 11.5 Å². The van der Waals surface area contributed by atoms with Crippen molar-refractivity contribution in [2.75, 3.05) is 12.0 Å². The molecule has 0 N–H and O–H groups in total. The average Bonchev–Trinajstić information content (AvgIpc) is 3.04. The summed E-state index contributed by atoms with van der Waals surface area (Å²) in [4.78, 5) is 39.9. The third kappa shape index (κ3) is 3.47. The van der Waals surface area contributed by atoms with Gasteiger partial charge < -0.3 is 4.74 Å². The predicted molar refractivity (Wildman–Crippen MR) is 112 cm³/mol. The number of methoxy groups -OCH3 is 1. The summed E-state index contributed by atoms with van der Waals surface area (Å²) in [5.41, 5.74) is 1.41. The molecule has 0 radical (unpaired) electrons. The fraction of sp³-hybridized carbons (Fsp3) is 0.190. The Morgan fingerprint density at radius 3 is 2.52 bits per heavy atom. The number of anilines is 2. The molecule has 8 heteroatoms. The van der Waals surface area contributed by atoms with E-state index in [0.717, 1.165) is 16.9 Å². The van der Waals surface area contributed by atoms with E-state index < -0.39 is 5.97 Å². The number of thiazole rings is 1. The van der Waals surface area contributed by atoms with Crippen LogP contribution in [0.15, 0.2) is 59.4 Å². The van der Waals surface area contributed by atoms with E-state index in [2.05, 4.69) is 0 Å². The lowest BCUT2D eigenvalue weighted by atomic mass is 9.90. The van der Waals surface area contributed by atoms with Gasteiger partial charge in [0.25, 0.3) is 0 Å². The Kier molecular flexibility index (Phi) is 5.25. The number of carbonyl (C=O) groups excluding carboxylic acids is 2. The van der Waals surface area contributed by atoms with Gasteiger partial charge in [0.2, 0.25) is 5.91 Å². The molecule has 29 heavy (non-hydrogen) atoms. The molecular weight excluding hydrogens is 412 g/mol. The van der Waals surface area contributed by atoms with Crippen LogP contribution in [0.5, 0.6) is 0 Å². The summed E-state index contributed by atoms with van der Waals surface area (Å²) < 4.78 is 6.05. The molecule has 0 saturated heterocycles. The van der Waals surface area contributed by atoms with Crippen LogP contribution in [-0.4, -0.2) is 23.6 Å². The van der Waals surface area contributed by atoms with Gasteiger partial charge in [0.1, 0.15) is 12.4 Å². The number of fused-ring (bicyclic) bond motifs is 1. The second kappa shape index (κ2) is 7.85. The van der Waals surface area contributed by atoms with Crippen LogP contribution >= 0.6 is 22.9 Å². The highest BCUT2D eigenvalue weighted by Crippen LogP contribution is 2.46. The van der Waals surface area contributed by atoms with Crippen molar-refractivity contribution in [1.29, 1.82) is 0 Å². The van der Waals surface area contributed by atoms with Crippen molar-refractivity contribution in [3.63, 3.8) is 0 Å². The second-order valence-corrected chi connectivity index (χ2v) is 7.96. The molecule has 0 bridgehead atoms. The lowest BCUT2D eigenvalue weighted by Gasteiger charge is -2.32. The molecule has 0 aliphatic carbocycles. The molecule has 0 unspecified atom stereocenters. The van der Waals surface area contributed by atoms with Gasteiger partial charge in [-0.3, -0.25) is 23.9 Å². The number of rotatable bonds is 4. The highest BCUT2D eigenvalue weighted by Gasteiger charge is 2.39. The Balaban J connectivity index is 1.94. The van der Waals surface area contributed by atoms with Crippen LogP contribution in [0, 0.1) is 0 Å². The Hall–Kier alpha value is -2.90. The molecule has 3 aromatic rings. The molecule has 0 spiro atoms. The van der Waals surface area contributed by atoms with Crippen LogP contribution in [0.25, 0.3) is 0 Å². The Morgan fingerprint density at radius 1 is 1.14 bits per heavy atom. The first-order valence-electron chi connectivity index (χ1n) is 8.94. The van der Waals surface area contributed by atoms with Crippen LogP contribution in [-0.2, 0) is 20.9 Å². The minimum atomic E-state index is -0.562. The Bertz CT molecular complexity index is 1140. The number of halogens is 1. The molecule has 1 amide bonds. The first kappa shape index (κ1) is 19.4. The van der Waals surface area contributed by atoms with Gasteiger partial charge >= 0.3 is 10.8 Å². The largest absolute Gasteiger partial charge is 0.468 e. The van der Waals surface area contributed by atoms with Gasteiger partial charge in [0.05, 0.1) is 17.7 Å². The van der Waals surface area contributed by atoms with Gasteiger partial charge in [-0.25, -0.2) is 0 Å². The van der Waals surface area contributed by atoms with E-state index in [4.69, 9.17) is 16.3 Å². The van der Waals surface area contributed by atoms with E-state index in [1.165, 1.54) is 16.6 Å². The van der Waals surface area contributed by atoms with Crippen LogP contribution in [0.3, 0.4) is 0 Å². The monoisotopic (exact) mass is 428 g/mol. The Labute approximate surface area is 175 Å². The zero-order valence-corrected chi connectivity index (χ0v) is 17.1. The SMILES string of the molecule is COC(=O)Cn1c2c(sc1=O)[C@H](c1ccccc1Cl)CC(=O)N2c1ccccc1. The van der Waals surface area contributed by atoms with Crippen molar-refractivity contribution in [3.05, 3.63) is 79.7 Å². The van der Waals surface area contributed by atoms with E-state index in [0.29, 0.717) is 21.4 Å².